The molecule has 2 aromatic rings. The van der Waals surface area contributed by atoms with Gasteiger partial charge in [0.25, 0.3) is 0 Å². The van der Waals surface area contributed by atoms with E-state index in [2.05, 4.69) is 20.3 Å². The van der Waals surface area contributed by atoms with Crippen LogP contribution in [0.5, 0.6) is 0 Å². The fourth-order valence-corrected chi connectivity index (χ4v) is 5.73. The Hall–Kier alpha value is -2.19. The van der Waals surface area contributed by atoms with Crippen LogP contribution >= 0.6 is 0 Å². The minimum atomic E-state index is -0.255. The lowest BCUT2D eigenvalue weighted by atomic mass is 9.84. The molecule has 2 saturated heterocycles. The molecule has 0 spiro atoms. The molecule has 5 rings (SSSR count). The number of ether oxygens (including phenoxy) is 1. The number of hydrogen-bond acceptors (Lipinski definition) is 6. The van der Waals surface area contributed by atoms with E-state index < -0.39 is 0 Å². The van der Waals surface area contributed by atoms with Crippen molar-refractivity contribution >= 4 is 22.7 Å². The lowest BCUT2D eigenvalue weighted by Gasteiger charge is -2.36. The number of fused-ring (bicyclic) bond motifs is 1. The van der Waals surface area contributed by atoms with E-state index in [9.17, 15) is 9.18 Å². The number of rotatable bonds is 7. The van der Waals surface area contributed by atoms with E-state index in [1.807, 2.05) is 6.07 Å². The number of benzene rings is 1. The first-order valence-electron chi connectivity index (χ1n) is 13.0. The Bertz CT molecular complexity index is 974. The SMILES string of the molecule is Cc1cc2c(N3CCN(CC[C@H]4CC[C@H](NC(=O)CC5CCCO5)CC4)CC3)noc2cc1F. The molecule has 3 fully saturated rings. The van der Waals surface area contributed by atoms with Gasteiger partial charge in [-0.25, -0.2) is 4.39 Å². The van der Waals surface area contributed by atoms with Gasteiger partial charge in [0.2, 0.25) is 5.91 Å². The maximum absolute atomic E-state index is 13.8. The molecular formula is C26H37FN4O3. The predicted octanol–water partition coefficient (Wildman–Crippen LogP) is 4.03. The lowest BCUT2D eigenvalue weighted by molar-refractivity contribution is -0.124. The second kappa shape index (κ2) is 10.6. The Morgan fingerprint density at radius 3 is 2.68 bits per heavy atom. The number of piperazine rings is 1. The minimum Gasteiger partial charge on any atom is -0.378 e. The van der Waals surface area contributed by atoms with E-state index in [0.29, 0.717) is 23.6 Å². The predicted molar refractivity (Wildman–Crippen MR) is 129 cm³/mol. The molecule has 2 aliphatic heterocycles. The van der Waals surface area contributed by atoms with Crippen molar-refractivity contribution in [2.24, 2.45) is 5.92 Å². The quantitative estimate of drug-likeness (QED) is 0.656. The number of halogens is 1. The van der Waals surface area contributed by atoms with Gasteiger partial charge in [0.15, 0.2) is 11.4 Å². The van der Waals surface area contributed by atoms with E-state index in [4.69, 9.17) is 9.26 Å². The summed E-state index contributed by atoms with van der Waals surface area (Å²) in [6.45, 7) is 7.51. The van der Waals surface area contributed by atoms with Crippen LogP contribution in [0.15, 0.2) is 16.7 Å². The molecule has 0 bridgehead atoms. The van der Waals surface area contributed by atoms with Crippen molar-refractivity contribution in [3.05, 3.63) is 23.5 Å². The van der Waals surface area contributed by atoms with E-state index in [1.165, 1.54) is 25.3 Å². The van der Waals surface area contributed by atoms with Gasteiger partial charge in [0, 0.05) is 44.9 Å². The normalized spacial score (nSPS) is 26.3. The maximum Gasteiger partial charge on any atom is 0.222 e. The van der Waals surface area contributed by atoms with Crippen LogP contribution in [0.1, 0.15) is 56.9 Å². The molecule has 1 saturated carbocycles. The molecule has 3 aliphatic rings. The zero-order valence-corrected chi connectivity index (χ0v) is 20.2. The number of nitrogens with zero attached hydrogens (tertiary/aromatic N) is 3. The number of carbonyl (C=O) groups is 1. The molecule has 7 nitrogen and oxygen atoms in total. The third-order valence-electron chi connectivity index (χ3n) is 7.91. The average Bonchev–Trinajstić information content (AvgIpc) is 3.49. The van der Waals surface area contributed by atoms with Gasteiger partial charge in [-0.15, -0.1) is 0 Å². The van der Waals surface area contributed by atoms with Gasteiger partial charge in [-0.3, -0.25) is 9.69 Å². The zero-order valence-electron chi connectivity index (χ0n) is 20.2. The number of nitrogens with one attached hydrogen (secondary N) is 1. The second-order valence-corrected chi connectivity index (χ2v) is 10.3. The highest BCUT2D eigenvalue weighted by Crippen LogP contribution is 2.30. The summed E-state index contributed by atoms with van der Waals surface area (Å²) in [5.41, 5.74) is 1.13. The van der Waals surface area contributed by atoms with E-state index in [1.54, 1.807) is 6.92 Å². The Kier molecular flexibility index (Phi) is 7.34. The zero-order chi connectivity index (χ0) is 23.5. The van der Waals surface area contributed by atoms with Gasteiger partial charge in [-0.1, -0.05) is 5.16 Å². The van der Waals surface area contributed by atoms with Gasteiger partial charge in [0.05, 0.1) is 17.9 Å². The first-order valence-corrected chi connectivity index (χ1v) is 13.0. The van der Waals surface area contributed by atoms with Crippen molar-refractivity contribution in [2.75, 3.05) is 44.2 Å². The van der Waals surface area contributed by atoms with Crippen LogP contribution in [0.2, 0.25) is 0 Å². The lowest BCUT2D eigenvalue weighted by Crippen LogP contribution is -2.47. The molecule has 1 aromatic heterocycles. The standard InChI is InChI=1S/C26H37FN4O3/c1-18-15-22-24(17-23(18)27)34-29-26(22)31-12-10-30(11-13-31)9-8-19-4-6-20(7-5-19)28-25(32)16-21-3-2-14-33-21/h15,17,19-21H,2-14,16H2,1H3,(H,28,32)/t19-,20-,21?. The third-order valence-corrected chi connectivity index (χ3v) is 7.91. The first kappa shape index (κ1) is 23.5. The molecule has 8 heteroatoms. The Labute approximate surface area is 201 Å². The van der Waals surface area contributed by atoms with Crippen LogP contribution < -0.4 is 10.2 Å². The number of aromatic nitrogens is 1. The van der Waals surface area contributed by atoms with Crippen LogP contribution in [0.4, 0.5) is 10.2 Å². The minimum absolute atomic E-state index is 0.131. The molecule has 186 valence electrons. The third kappa shape index (κ3) is 5.54. The molecule has 0 radical (unpaired) electrons. The van der Waals surface area contributed by atoms with Crippen molar-refractivity contribution in [3.63, 3.8) is 0 Å². The molecule has 1 atom stereocenters. The Morgan fingerprint density at radius 2 is 1.94 bits per heavy atom. The highest BCUT2D eigenvalue weighted by Gasteiger charge is 2.26. The fraction of sp³-hybridized carbons (Fsp3) is 0.692. The summed E-state index contributed by atoms with van der Waals surface area (Å²) in [4.78, 5) is 17.1. The molecule has 1 aliphatic carbocycles. The van der Waals surface area contributed by atoms with Crippen molar-refractivity contribution in [1.82, 2.24) is 15.4 Å². The van der Waals surface area contributed by atoms with E-state index in [0.717, 1.165) is 82.1 Å². The summed E-state index contributed by atoms with van der Waals surface area (Å²) in [5.74, 6) is 1.49. The summed E-state index contributed by atoms with van der Waals surface area (Å²) in [6, 6.07) is 3.61. The Morgan fingerprint density at radius 1 is 1.15 bits per heavy atom. The molecule has 1 amide bonds. The number of aryl methyl sites for hydroxylation is 1. The number of hydrogen-bond donors (Lipinski definition) is 1. The summed E-state index contributed by atoms with van der Waals surface area (Å²) in [6.07, 6.45) is 8.56. The molecule has 3 heterocycles. The van der Waals surface area contributed by atoms with Crippen LogP contribution in [-0.2, 0) is 9.53 Å². The van der Waals surface area contributed by atoms with Gasteiger partial charge in [-0.05, 0) is 76.0 Å². The summed E-state index contributed by atoms with van der Waals surface area (Å²) < 4.78 is 24.8. The highest BCUT2D eigenvalue weighted by molar-refractivity contribution is 5.89. The fourth-order valence-electron chi connectivity index (χ4n) is 5.73. The molecule has 1 N–H and O–H groups in total. The molecule has 1 aromatic carbocycles. The van der Waals surface area contributed by atoms with Crippen LogP contribution in [0.25, 0.3) is 11.0 Å². The largest absolute Gasteiger partial charge is 0.378 e. The number of anilines is 1. The number of carbonyl (C=O) groups excluding carboxylic acids is 1. The maximum atomic E-state index is 13.8. The van der Waals surface area contributed by atoms with Crippen molar-refractivity contribution in [2.45, 2.75) is 70.4 Å². The Balaban J connectivity index is 1.01. The summed E-state index contributed by atoms with van der Waals surface area (Å²) >= 11 is 0. The smallest absolute Gasteiger partial charge is 0.222 e. The van der Waals surface area contributed by atoms with E-state index >= 15 is 0 Å². The number of amides is 1. The monoisotopic (exact) mass is 472 g/mol. The van der Waals surface area contributed by atoms with Crippen LogP contribution in [-0.4, -0.2) is 67.4 Å². The first-order chi connectivity index (χ1) is 16.5. The van der Waals surface area contributed by atoms with Gasteiger partial charge >= 0.3 is 0 Å². The van der Waals surface area contributed by atoms with Crippen molar-refractivity contribution in [1.29, 1.82) is 0 Å². The van der Waals surface area contributed by atoms with Crippen molar-refractivity contribution in [3.8, 4) is 0 Å². The topological polar surface area (TPSA) is 70.8 Å². The van der Waals surface area contributed by atoms with Crippen LogP contribution in [0, 0.1) is 18.7 Å². The van der Waals surface area contributed by atoms with E-state index in [-0.39, 0.29) is 17.8 Å². The molecule has 34 heavy (non-hydrogen) atoms. The summed E-state index contributed by atoms with van der Waals surface area (Å²) in [7, 11) is 0. The highest BCUT2D eigenvalue weighted by atomic mass is 19.1. The molecule has 1 unspecified atom stereocenters. The van der Waals surface area contributed by atoms with Gasteiger partial charge in [-0.2, -0.15) is 0 Å². The van der Waals surface area contributed by atoms with Gasteiger partial charge in [0.1, 0.15) is 5.82 Å². The summed E-state index contributed by atoms with van der Waals surface area (Å²) in [5, 5.41) is 8.37. The average molecular weight is 473 g/mol. The van der Waals surface area contributed by atoms with Crippen LogP contribution in [0.3, 0.4) is 0 Å². The molecular weight excluding hydrogens is 435 g/mol. The second-order valence-electron chi connectivity index (χ2n) is 10.3. The van der Waals surface area contributed by atoms with Gasteiger partial charge < -0.3 is 19.5 Å². The van der Waals surface area contributed by atoms with Crippen molar-refractivity contribution < 1.29 is 18.4 Å².